The molecule has 0 aliphatic rings. The Labute approximate surface area is 125 Å². The van der Waals surface area contributed by atoms with Crippen LogP contribution in [0.3, 0.4) is 0 Å². The second-order valence-electron chi connectivity index (χ2n) is 4.23. The summed E-state index contributed by atoms with van der Waals surface area (Å²) in [4.78, 5) is 4.30. The van der Waals surface area contributed by atoms with Crippen LogP contribution in [0.25, 0.3) is 10.9 Å². The Bertz CT molecular complexity index is 740. The number of pyridine rings is 1. The smallest absolute Gasteiger partial charge is 0.0724 e. The molecule has 0 fully saturated rings. The monoisotopic (exact) mass is 361 g/mol. The number of nitrogens with two attached hydrogens (primary N) is 1. The first-order chi connectivity index (χ1) is 9.24. The summed E-state index contributed by atoms with van der Waals surface area (Å²) in [6.07, 6.45) is 1.77. The van der Waals surface area contributed by atoms with Crippen LogP contribution in [-0.2, 0) is 0 Å². The SMILES string of the molecule is Nc1c(Nc2cccc(I)c2)ccc2ncccc12. The first-order valence-corrected chi connectivity index (χ1v) is 6.98. The van der Waals surface area contributed by atoms with Crippen molar-refractivity contribution in [1.82, 2.24) is 4.98 Å². The van der Waals surface area contributed by atoms with Crippen LogP contribution in [0.15, 0.2) is 54.7 Å². The van der Waals surface area contributed by atoms with Gasteiger partial charge in [0.15, 0.2) is 0 Å². The number of hydrogen-bond donors (Lipinski definition) is 2. The number of nitrogens with one attached hydrogen (secondary N) is 1. The lowest BCUT2D eigenvalue weighted by Gasteiger charge is -2.11. The third-order valence-electron chi connectivity index (χ3n) is 2.93. The topological polar surface area (TPSA) is 50.9 Å². The Kier molecular flexibility index (Phi) is 3.25. The average Bonchev–Trinajstić information content (AvgIpc) is 2.42. The number of benzene rings is 2. The summed E-state index contributed by atoms with van der Waals surface area (Å²) >= 11 is 2.29. The third-order valence-corrected chi connectivity index (χ3v) is 3.60. The van der Waals surface area contributed by atoms with Gasteiger partial charge in [0.1, 0.15) is 0 Å². The van der Waals surface area contributed by atoms with Crippen molar-refractivity contribution in [3.63, 3.8) is 0 Å². The van der Waals surface area contributed by atoms with Crippen LogP contribution in [0.5, 0.6) is 0 Å². The quantitative estimate of drug-likeness (QED) is 0.532. The Hall–Kier alpha value is -1.82. The van der Waals surface area contributed by atoms with E-state index in [1.54, 1.807) is 6.20 Å². The summed E-state index contributed by atoms with van der Waals surface area (Å²) < 4.78 is 1.18. The minimum absolute atomic E-state index is 0.726. The van der Waals surface area contributed by atoms with Crippen molar-refractivity contribution in [3.05, 3.63) is 58.3 Å². The van der Waals surface area contributed by atoms with E-state index in [4.69, 9.17) is 5.73 Å². The molecule has 0 unspecified atom stereocenters. The Balaban J connectivity index is 2.04. The van der Waals surface area contributed by atoms with E-state index < -0.39 is 0 Å². The van der Waals surface area contributed by atoms with E-state index in [9.17, 15) is 0 Å². The Morgan fingerprint density at radius 2 is 1.95 bits per heavy atom. The number of fused-ring (bicyclic) bond motifs is 1. The molecule has 3 nitrogen and oxygen atoms in total. The number of nitrogen functional groups attached to an aromatic ring is 1. The van der Waals surface area contributed by atoms with Crippen LogP contribution in [0.1, 0.15) is 0 Å². The highest BCUT2D eigenvalue weighted by molar-refractivity contribution is 14.1. The van der Waals surface area contributed by atoms with Gasteiger partial charge in [-0.25, -0.2) is 0 Å². The molecule has 1 aromatic heterocycles. The summed E-state index contributed by atoms with van der Waals surface area (Å²) in [7, 11) is 0. The van der Waals surface area contributed by atoms with E-state index >= 15 is 0 Å². The maximum Gasteiger partial charge on any atom is 0.0724 e. The lowest BCUT2D eigenvalue weighted by atomic mass is 10.1. The largest absolute Gasteiger partial charge is 0.396 e. The van der Waals surface area contributed by atoms with Gasteiger partial charge in [-0.1, -0.05) is 6.07 Å². The minimum Gasteiger partial charge on any atom is -0.396 e. The number of nitrogens with zero attached hydrogens (tertiary/aromatic N) is 1. The lowest BCUT2D eigenvalue weighted by molar-refractivity contribution is 1.41. The van der Waals surface area contributed by atoms with Crippen LogP contribution in [0.4, 0.5) is 17.1 Å². The molecule has 0 saturated carbocycles. The van der Waals surface area contributed by atoms with Gasteiger partial charge in [0, 0.05) is 20.8 Å². The molecular formula is C15H12IN3. The first kappa shape index (κ1) is 12.2. The van der Waals surface area contributed by atoms with Gasteiger partial charge in [0.25, 0.3) is 0 Å². The van der Waals surface area contributed by atoms with Crippen molar-refractivity contribution in [1.29, 1.82) is 0 Å². The molecule has 3 rings (SSSR count). The molecule has 0 bridgehead atoms. The zero-order valence-electron chi connectivity index (χ0n) is 10.1. The van der Waals surface area contributed by atoms with E-state index in [1.165, 1.54) is 3.57 Å². The van der Waals surface area contributed by atoms with E-state index in [0.717, 1.165) is 28.0 Å². The van der Waals surface area contributed by atoms with Crippen molar-refractivity contribution in [3.8, 4) is 0 Å². The molecule has 0 saturated heterocycles. The molecule has 0 aliphatic carbocycles. The zero-order valence-corrected chi connectivity index (χ0v) is 12.3. The van der Waals surface area contributed by atoms with E-state index in [2.05, 4.69) is 45.0 Å². The fourth-order valence-electron chi connectivity index (χ4n) is 2.01. The van der Waals surface area contributed by atoms with Crippen LogP contribution in [-0.4, -0.2) is 4.98 Å². The second kappa shape index (κ2) is 5.05. The molecule has 3 aromatic rings. The van der Waals surface area contributed by atoms with E-state index in [-0.39, 0.29) is 0 Å². The van der Waals surface area contributed by atoms with Gasteiger partial charge >= 0.3 is 0 Å². The number of halogens is 1. The van der Waals surface area contributed by atoms with Crippen molar-refractivity contribution in [2.24, 2.45) is 0 Å². The van der Waals surface area contributed by atoms with Gasteiger partial charge in [-0.3, -0.25) is 4.98 Å². The second-order valence-corrected chi connectivity index (χ2v) is 5.48. The highest BCUT2D eigenvalue weighted by atomic mass is 127. The number of rotatable bonds is 2. The average molecular weight is 361 g/mol. The molecule has 4 heteroatoms. The van der Waals surface area contributed by atoms with Crippen molar-refractivity contribution < 1.29 is 0 Å². The summed E-state index contributed by atoms with van der Waals surface area (Å²) in [6.45, 7) is 0. The van der Waals surface area contributed by atoms with E-state index in [0.29, 0.717) is 0 Å². The lowest BCUT2D eigenvalue weighted by Crippen LogP contribution is -1.97. The van der Waals surface area contributed by atoms with Gasteiger partial charge in [-0.2, -0.15) is 0 Å². The molecule has 2 aromatic carbocycles. The molecule has 94 valence electrons. The van der Waals surface area contributed by atoms with Crippen LogP contribution >= 0.6 is 22.6 Å². The van der Waals surface area contributed by atoms with Gasteiger partial charge in [0.05, 0.1) is 16.9 Å². The normalized spacial score (nSPS) is 10.6. The molecular weight excluding hydrogens is 349 g/mol. The highest BCUT2D eigenvalue weighted by Crippen LogP contribution is 2.30. The zero-order chi connectivity index (χ0) is 13.2. The van der Waals surface area contributed by atoms with Crippen LogP contribution < -0.4 is 11.1 Å². The molecule has 0 spiro atoms. The maximum absolute atomic E-state index is 6.20. The predicted molar refractivity (Wildman–Crippen MR) is 88.6 cm³/mol. The number of hydrogen-bond acceptors (Lipinski definition) is 3. The van der Waals surface area contributed by atoms with E-state index in [1.807, 2.05) is 36.4 Å². The Morgan fingerprint density at radius 1 is 1.05 bits per heavy atom. The van der Waals surface area contributed by atoms with Crippen LogP contribution in [0, 0.1) is 3.57 Å². The standard InChI is InChI=1S/C15H12IN3/c16-10-3-1-4-11(9-10)19-14-7-6-13-12(15(14)17)5-2-8-18-13/h1-9,19H,17H2. The number of aromatic nitrogens is 1. The highest BCUT2D eigenvalue weighted by Gasteiger charge is 2.05. The molecule has 1 heterocycles. The number of anilines is 3. The molecule has 0 aliphatic heterocycles. The molecule has 0 atom stereocenters. The van der Waals surface area contributed by atoms with Crippen LogP contribution in [0.2, 0.25) is 0 Å². The van der Waals surface area contributed by atoms with Crippen molar-refractivity contribution >= 4 is 50.6 Å². The molecule has 0 amide bonds. The van der Waals surface area contributed by atoms with Gasteiger partial charge < -0.3 is 11.1 Å². The first-order valence-electron chi connectivity index (χ1n) is 5.90. The minimum atomic E-state index is 0.726. The Morgan fingerprint density at radius 3 is 2.79 bits per heavy atom. The molecule has 3 N–H and O–H groups in total. The summed E-state index contributed by atoms with van der Waals surface area (Å²) in [5.74, 6) is 0. The van der Waals surface area contributed by atoms with Crippen molar-refractivity contribution in [2.45, 2.75) is 0 Å². The molecule has 0 radical (unpaired) electrons. The van der Waals surface area contributed by atoms with Gasteiger partial charge in [0.2, 0.25) is 0 Å². The van der Waals surface area contributed by atoms with Gasteiger partial charge in [-0.05, 0) is 65.1 Å². The molecule has 19 heavy (non-hydrogen) atoms. The summed E-state index contributed by atoms with van der Waals surface area (Å²) in [6, 6.07) is 16.0. The summed E-state index contributed by atoms with van der Waals surface area (Å²) in [5.41, 5.74) is 9.77. The predicted octanol–water partition coefficient (Wildman–Crippen LogP) is 4.17. The van der Waals surface area contributed by atoms with Crippen molar-refractivity contribution in [2.75, 3.05) is 11.1 Å². The third kappa shape index (κ3) is 2.49. The fraction of sp³-hybridized carbons (Fsp3) is 0. The fourth-order valence-corrected chi connectivity index (χ4v) is 2.55. The summed E-state index contributed by atoms with van der Waals surface area (Å²) in [5, 5.41) is 4.32. The van der Waals surface area contributed by atoms with Gasteiger partial charge in [-0.15, -0.1) is 0 Å². The maximum atomic E-state index is 6.20.